The first-order valence-electron chi connectivity index (χ1n) is 10.1. The molecule has 0 bridgehead atoms. The van der Waals surface area contributed by atoms with Crippen LogP contribution < -0.4 is 14.2 Å². The standard InChI is InChI=1S/C22H28N2O6S2/c1-15(18-13-16(28-2)5-7-20(18)29-3)23-32(26,27)17-6-8-21(31-4)19(14-17)22(25)24-9-11-30-12-10-24/h5-8,13-15,23H,9-12H2,1-4H3/t15-/m1/s1. The lowest BCUT2D eigenvalue weighted by atomic mass is 10.1. The minimum absolute atomic E-state index is 0.0284. The molecule has 0 spiro atoms. The van der Waals surface area contributed by atoms with Gasteiger partial charge in [-0.05, 0) is 49.6 Å². The van der Waals surface area contributed by atoms with E-state index in [4.69, 9.17) is 14.2 Å². The fraction of sp³-hybridized carbons (Fsp3) is 0.409. The van der Waals surface area contributed by atoms with Crippen LogP contribution in [-0.4, -0.2) is 66.0 Å². The summed E-state index contributed by atoms with van der Waals surface area (Å²) in [5.41, 5.74) is 1.01. The van der Waals surface area contributed by atoms with Gasteiger partial charge in [-0.3, -0.25) is 4.79 Å². The predicted molar refractivity (Wildman–Crippen MR) is 123 cm³/mol. The Labute approximate surface area is 193 Å². The molecule has 0 unspecified atom stereocenters. The van der Waals surface area contributed by atoms with Crippen LogP contribution in [0, 0.1) is 0 Å². The Kier molecular flexibility index (Phi) is 8.05. The van der Waals surface area contributed by atoms with E-state index in [2.05, 4.69) is 4.72 Å². The van der Waals surface area contributed by atoms with Crippen molar-refractivity contribution in [3.63, 3.8) is 0 Å². The summed E-state index contributed by atoms with van der Waals surface area (Å²) in [4.78, 5) is 15.5. The third-order valence-electron chi connectivity index (χ3n) is 5.25. The van der Waals surface area contributed by atoms with Gasteiger partial charge in [-0.25, -0.2) is 13.1 Å². The highest BCUT2D eigenvalue weighted by Crippen LogP contribution is 2.31. The van der Waals surface area contributed by atoms with Crippen LogP contribution in [0.4, 0.5) is 0 Å². The van der Waals surface area contributed by atoms with Gasteiger partial charge < -0.3 is 19.1 Å². The molecule has 0 saturated carbocycles. The molecule has 1 heterocycles. The molecular formula is C22H28N2O6S2. The lowest BCUT2D eigenvalue weighted by Crippen LogP contribution is -2.41. The van der Waals surface area contributed by atoms with Crippen LogP contribution in [0.3, 0.4) is 0 Å². The highest BCUT2D eigenvalue weighted by Gasteiger charge is 2.26. The molecular weight excluding hydrogens is 452 g/mol. The Hall–Kier alpha value is -2.27. The first-order valence-corrected chi connectivity index (χ1v) is 12.8. The molecule has 1 aliphatic rings. The lowest BCUT2D eigenvalue weighted by molar-refractivity contribution is 0.0300. The van der Waals surface area contributed by atoms with Gasteiger partial charge in [0.1, 0.15) is 11.5 Å². The average Bonchev–Trinajstić information content (AvgIpc) is 2.82. The summed E-state index contributed by atoms with van der Waals surface area (Å²) in [5.74, 6) is 0.939. The second-order valence-electron chi connectivity index (χ2n) is 7.22. The normalized spacial score (nSPS) is 15.3. The number of nitrogens with zero attached hydrogens (tertiary/aromatic N) is 1. The molecule has 1 N–H and O–H groups in total. The monoisotopic (exact) mass is 480 g/mol. The minimum Gasteiger partial charge on any atom is -0.497 e. The van der Waals surface area contributed by atoms with Gasteiger partial charge in [-0.2, -0.15) is 0 Å². The number of methoxy groups -OCH3 is 2. The summed E-state index contributed by atoms with van der Waals surface area (Å²) >= 11 is 1.40. The topological polar surface area (TPSA) is 94.2 Å². The Balaban J connectivity index is 1.90. The number of hydrogen-bond donors (Lipinski definition) is 1. The zero-order chi connectivity index (χ0) is 23.3. The lowest BCUT2D eigenvalue weighted by Gasteiger charge is -2.27. The third kappa shape index (κ3) is 5.37. The maximum atomic E-state index is 13.2. The first kappa shape index (κ1) is 24.4. The van der Waals surface area contributed by atoms with Crippen molar-refractivity contribution in [3.05, 3.63) is 47.5 Å². The fourth-order valence-electron chi connectivity index (χ4n) is 3.50. The van der Waals surface area contributed by atoms with Crippen LogP contribution >= 0.6 is 11.8 Å². The van der Waals surface area contributed by atoms with Crippen LogP contribution in [0.5, 0.6) is 11.5 Å². The average molecular weight is 481 g/mol. The van der Waals surface area contributed by atoms with Gasteiger partial charge in [-0.1, -0.05) is 0 Å². The van der Waals surface area contributed by atoms with Gasteiger partial charge in [-0.15, -0.1) is 11.8 Å². The van der Waals surface area contributed by atoms with E-state index in [0.29, 0.717) is 48.9 Å². The van der Waals surface area contributed by atoms with Crippen molar-refractivity contribution in [3.8, 4) is 11.5 Å². The number of nitrogens with one attached hydrogen (secondary N) is 1. The Morgan fingerprint density at radius 3 is 2.47 bits per heavy atom. The molecule has 0 radical (unpaired) electrons. The quantitative estimate of drug-likeness (QED) is 0.581. The second kappa shape index (κ2) is 10.6. The Morgan fingerprint density at radius 1 is 1.12 bits per heavy atom. The minimum atomic E-state index is -3.91. The molecule has 8 nitrogen and oxygen atoms in total. The first-order chi connectivity index (χ1) is 15.3. The van der Waals surface area contributed by atoms with E-state index in [1.807, 2.05) is 6.26 Å². The van der Waals surface area contributed by atoms with Gasteiger partial charge in [0.25, 0.3) is 5.91 Å². The summed E-state index contributed by atoms with van der Waals surface area (Å²) in [6.07, 6.45) is 1.86. The molecule has 10 heteroatoms. The molecule has 0 aliphatic carbocycles. The third-order valence-corrected chi connectivity index (χ3v) is 7.58. The van der Waals surface area contributed by atoms with Crippen LogP contribution in [0.15, 0.2) is 46.2 Å². The SMILES string of the molecule is COc1ccc(OC)c([C@@H](C)NS(=O)(=O)c2ccc(SC)c(C(=O)N3CCOCC3)c2)c1. The smallest absolute Gasteiger partial charge is 0.255 e. The van der Waals surface area contributed by atoms with E-state index in [1.54, 1.807) is 43.2 Å². The molecule has 1 atom stereocenters. The van der Waals surface area contributed by atoms with Crippen molar-refractivity contribution in [1.29, 1.82) is 0 Å². The van der Waals surface area contributed by atoms with Gasteiger partial charge >= 0.3 is 0 Å². The van der Waals surface area contributed by atoms with Crippen molar-refractivity contribution in [2.24, 2.45) is 0 Å². The number of carbonyl (C=O) groups is 1. The number of amides is 1. The number of ether oxygens (including phenoxy) is 3. The summed E-state index contributed by atoms with van der Waals surface area (Å²) in [5, 5.41) is 0. The van der Waals surface area contributed by atoms with Crippen molar-refractivity contribution in [2.45, 2.75) is 22.8 Å². The van der Waals surface area contributed by atoms with Crippen molar-refractivity contribution in [1.82, 2.24) is 9.62 Å². The van der Waals surface area contributed by atoms with E-state index in [1.165, 1.54) is 31.0 Å². The van der Waals surface area contributed by atoms with E-state index < -0.39 is 16.1 Å². The Bertz CT molecular complexity index is 1070. The fourth-order valence-corrected chi connectivity index (χ4v) is 5.32. The number of sulfonamides is 1. The van der Waals surface area contributed by atoms with Gasteiger partial charge in [0.05, 0.1) is 37.9 Å². The second-order valence-corrected chi connectivity index (χ2v) is 9.78. The maximum absolute atomic E-state index is 13.2. The largest absolute Gasteiger partial charge is 0.497 e. The maximum Gasteiger partial charge on any atom is 0.255 e. The molecule has 1 amide bonds. The number of carbonyl (C=O) groups excluding carboxylic acids is 1. The predicted octanol–water partition coefficient (Wildman–Crippen LogP) is 2.94. The van der Waals surface area contributed by atoms with Crippen molar-refractivity contribution in [2.75, 3.05) is 46.8 Å². The molecule has 2 aromatic rings. The molecule has 32 heavy (non-hydrogen) atoms. The van der Waals surface area contributed by atoms with Crippen LogP contribution in [0.1, 0.15) is 28.9 Å². The zero-order valence-corrected chi connectivity index (χ0v) is 20.2. The number of benzene rings is 2. The number of thioether (sulfide) groups is 1. The molecule has 1 fully saturated rings. The van der Waals surface area contributed by atoms with E-state index in [0.717, 1.165) is 4.90 Å². The molecule has 0 aromatic heterocycles. The highest BCUT2D eigenvalue weighted by atomic mass is 32.2. The number of hydrogen-bond acceptors (Lipinski definition) is 7. The number of morpholine rings is 1. The summed E-state index contributed by atoms with van der Waals surface area (Å²) in [6, 6.07) is 9.24. The van der Waals surface area contributed by atoms with E-state index >= 15 is 0 Å². The van der Waals surface area contributed by atoms with Gasteiger partial charge in [0.2, 0.25) is 10.0 Å². The highest BCUT2D eigenvalue weighted by molar-refractivity contribution is 7.98. The van der Waals surface area contributed by atoms with E-state index in [9.17, 15) is 13.2 Å². The summed E-state index contributed by atoms with van der Waals surface area (Å²) in [7, 11) is -0.848. The van der Waals surface area contributed by atoms with Gasteiger partial charge in [0.15, 0.2) is 0 Å². The molecule has 174 valence electrons. The zero-order valence-electron chi connectivity index (χ0n) is 18.6. The van der Waals surface area contributed by atoms with Gasteiger partial charge in [0, 0.05) is 29.6 Å². The molecule has 2 aromatic carbocycles. The molecule has 1 aliphatic heterocycles. The van der Waals surface area contributed by atoms with Crippen LogP contribution in [-0.2, 0) is 14.8 Å². The van der Waals surface area contributed by atoms with E-state index in [-0.39, 0.29) is 10.8 Å². The van der Waals surface area contributed by atoms with Crippen molar-refractivity contribution >= 4 is 27.7 Å². The number of rotatable bonds is 8. The molecule has 1 saturated heterocycles. The molecule has 3 rings (SSSR count). The van der Waals surface area contributed by atoms with Crippen LogP contribution in [0.25, 0.3) is 0 Å². The van der Waals surface area contributed by atoms with Crippen LogP contribution in [0.2, 0.25) is 0 Å². The summed E-state index contributed by atoms with van der Waals surface area (Å²) < 4.78 is 45.0. The summed E-state index contributed by atoms with van der Waals surface area (Å²) in [6.45, 7) is 3.63. The Morgan fingerprint density at radius 2 is 1.84 bits per heavy atom. The van der Waals surface area contributed by atoms with Crippen molar-refractivity contribution < 1.29 is 27.4 Å².